The van der Waals surface area contributed by atoms with E-state index in [1.807, 2.05) is 0 Å². The van der Waals surface area contributed by atoms with Crippen LogP contribution in [0.5, 0.6) is 0 Å². The van der Waals surface area contributed by atoms with Gasteiger partial charge in [0, 0.05) is 6.04 Å². The highest BCUT2D eigenvalue weighted by atomic mass is 16.3. The van der Waals surface area contributed by atoms with Crippen LogP contribution >= 0.6 is 0 Å². The minimum atomic E-state index is 0.464. The lowest BCUT2D eigenvalue weighted by molar-refractivity contribution is 0.280. The second-order valence-corrected chi connectivity index (χ2v) is 4.86. The van der Waals surface area contributed by atoms with Crippen molar-refractivity contribution in [2.24, 2.45) is 0 Å². The van der Waals surface area contributed by atoms with Crippen LogP contribution in [-0.4, -0.2) is 24.0 Å². The first-order valence-corrected chi connectivity index (χ1v) is 6.54. The first-order chi connectivity index (χ1) is 8.56. The van der Waals surface area contributed by atoms with Crippen molar-refractivity contribution in [2.45, 2.75) is 46.8 Å². The van der Waals surface area contributed by atoms with Crippen LogP contribution in [0.15, 0.2) is 10.5 Å². The van der Waals surface area contributed by atoms with Gasteiger partial charge in [0.2, 0.25) is 0 Å². The molecule has 0 amide bonds. The number of nitrogens with zero attached hydrogens (tertiary/aromatic N) is 1. The molecule has 0 aromatic carbocycles. The summed E-state index contributed by atoms with van der Waals surface area (Å²) in [7, 11) is 0. The second kappa shape index (κ2) is 7.25. The molecule has 0 aliphatic carbocycles. The van der Waals surface area contributed by atoms with Gasteiger partial charge in [-0.1, -0.05) is 26.7 Å². The molecule has 1 aromatic rings. The summed E-state index contributed by atoms with van der Waals surface area (Å²) in [4.78, 5) is 2.18. The molecular formula is C15H24N2O. The second-order valence-electron chi connectivity index (χ2n) is 4.86. The molecule has 0 unspecified atom stereocenters. The smallest absolute Gasteiger partial charge is 0.120 e. The average molecular weight is 248 g/mol. The van der Waals surface area contributed by atoms with Gasteiger partial charge in [0.1, 0.15) is 11.5 Å². The molecule has 18 heavy (non-hydrogen) atoms. The number of hydrogen-bond acceptors (Lipinski definition) is 3. The summed E-state index contributed by atoms with van der Waals surface area (Å²) >= 11 is 0. The number of nitrogens with one attached hydrogen (secondary N) is 1. The standard InChI is InChI=1S/C15H24N2O/c1-6-8-17(7-2)11-14-9-13(5)15(18-14)10-16-12(3)4/h1,9,12,16H,7-8,10-11H2,2-5H3. The molecule has 0 spiro atoms. The Morgan fingerprint density at radius 2 is 2.22 bits per heavy atom. The van der Waals surface area contributed by atoms with Gasteiger partial charge >= 0.3 is 0 Å². The molecule has 3 heteroatoms. The molecule has 1 aromatic heterocycles. The van der Waals surface area contributed by atoms with E-state index in [2.05, 4.69) is 49.9 Å². The SMILES string of the molecule is C#CCN(CC)Cc1cc(C)c(CNC(C)C)o1. The van der Waals surface area contributed by atoms with Gasteiger partial charge in [-0.25, -0.2) is 0 Å². The minimum Gasteiger partial charge on any atom is -0.463 e. The first-order valence-electron chi connectivity index (χ1n) is 6.54. The highest BCUT2D eigenvalue weighted by Crippen LogP contribution is 2.16. The topological polar surface area (TPSA) is 28.4 Å². The number of rotatable bonds is 7. The molecule has 0 saturated carbocycles. The summed E-state index contributed by atoms with van der Waals surface area (Å²) in [6, 6.07) is 2.57. The molecule has 1 rings (SSSR count). The molecule has 3 nitrogen and oxygen atoms in total. The van der Waals surface area contributed by atoms with Crippen molar-refractivity contribution < 1.29 is 4.42 Å². The summed E-state index contributed by atoms with van der Waals surface area (Å²) in [5.41, 5.74) is 1.20. The Balaban J connectivity index is 2.63. The molecule has 0 radical (unpaired) electrons. The Labute approximate surface area is 111 Å². The Kier molecular flexibility index (Phi) is 5.97. The molecule has 0 atom stereocenters. The number of aryl methyl sites for hydroxylation is 1. The molecule has 0 saturated heterocycles. The molecular weight excluding hydrogens is 224 g/mol. The van der Waals surface area contributed by atoms with Gasteiger partial charge in [-0.15, -0.1) is 6.42 Å². The maximum atomic E-state index is 5.87. The van der Waals surface area contributed by atoms with Gasteiger partial charge in [-0.05, 0) is 25.1 Å². The maximum absolute atomic E-state index is 5.87. The van der Waals surface area contributed by atoms with E-state index in [9.17, 15) is 0 Å². The summed E-state index contributed by atoms with van der Waals surface area (Å²) in [5, 5.41) is 3.37. The van der Waals surface area contributed by atoms with Crippen molar-refractivity contribution in [1.29, 1.82) is 0 Å². The largest absolute Gasteiger partial charge is 0.463 e. The molecule has 0 bridgehead atoms. The maximum Gasteiger partial charge on any atom is 0.120 e. The van der Waals surface area contributed by atoms with Crippen LogP contribution in [0.2, 0.25) is 0 Å². The van der Waals surface area contributed by atoms with E-state index >= 15 is 0 Å². The molecule has 1 N–H and O–H groups in total. The number of terminal acetylenes is 1. The van der Waals surface area contributed by atoms with E-state index in [1.54, 1.807) is 0 Å². The summed E-state index contributed by atoms with van der Waals surface area (Å²) in [6.07, 6.45) is 5.34. The predicted molar refractivity (Wildman–Crippen MR) is 75.2 cm³/mol. The van der Waals surface area contributed by atoms with Crippen LogP contribution in [0.25, 0.3) is 0 Å². The molecule has 1 heterocycles. The van der Waals surface area contributed by atoms with Crippen molar-refractivity contribution in [1.82, 2.24) is 10.2 Å². The van der Waals surface area contributed by atoms with E-state index in [1.165, 1.54) is 5.56 Å². The van der Waals surface area contributed by atoms with E-state index in [0.29, 0.717) is 12.6 Å². The van der Waals surface area contributed by atoms with Gasteiger partial charge in [0.05, 0.1) is 19.6 Å². The average Bonchev–Trinajstić information content (AvgIpc) is 2.66. The number of hydrogen-bond donors (Lipinski definition) is 1. The van der Waals surface area contributed by atoms with Gasteiger partial charge in [0.25, 0.3) is 0 Å². The quantitative estimate of drug-likeness (QED) is 0.752. The van der Waals surface area contributed by atoms with Gasteiger partial charge < -0.3 is 9.73 Å². The summed E-state index contributed by atoms with van der Waals surface area (Å²) in [5.74, 6) is 4.69. The third-order valence-electron chi connectivity index (χ3n) is 2.88. The third-order valence-corrected chi connectivity index (χ3v) is 2.88. The Hall–Kier alpha value is -1.24. The Morgan fingerprint density at radius 3 is 2.78 bits per heavy atom. The van der Waals surface area contributed by atoms with Crippen LogP contribution in [0.1, 0.15) is 37.9 Å². The zero-order chi connectivity index (χ0) is 13.5. The van der Waals surface area contributed by atoms with Crippen molar-refractivity contribution >= 4 is 0 Å². The zero-order valence-electron chi connectivity index (χ0n) is 11.9. The summed E-state index contributed by atoms with van der Waals surface area (Å²) < 4.78 is 5.87. The van der Waals surface area contributed by atoms with E-state index in [0.717, 1.165) is 31.2 Å². The fourth-order valence-corrected chi connectivity index (χ4v) is 1.77. The first kappa shape index (κ1) is 14.8. The molecule has 0 aliphatic rings. The van der Waals surface area contributed by atoms with E-state index < -0.39 is 0 Å². The lowest BCUT2D eigenvalue weighted by Crippen LogP contribution is -2.23. The molecule has 0 fully saturated rings. The van der Waals surface area contributed by atoms with E-state index in [4.69, 9.17) is 10.8 Å². The Bertz CT molecular complexity index is 401. The van der Waals surface area contributed by atoms with Crippen LogP contribution in [0, 0.1) is 19.3 Å². The van der Waals surface area contributed by atoms with Gasteiger partial charge in [-0.3, -0.25) is 4.90 Å². The van der Waals surface area contributed by atoms with Crippen molar-refractivity contribution in [3.8, 4) is 12.3 Å². The van der Waals surface area contributed by atoms with Crippen molar-refractivity contribution in [3.05, 3.63) is 23.2 Å². The lowest BCUT2D eigenvalue weighted by Gasteiger charge is -2.15. The Morgan fingerprint density at radius 1 is 1.50 bits per heavy atom. The summed E-state index contributed by atoms with van der Waals surface area (Å²) in [6.45, 7) is 11.6. The predicted octanol–water partition coefficient (Wildman–Crippen LogP) is 2.54. The van der Waals surface area contributed by atoms with Gasteiger partial charge in [0.15, 0.2) is 0 Å². The highest BCUT2D eigenvalue weighted by Gasteiger charge is 2.10. The zero-order valence-corrected chi connectivity index (χ0v) is 11.9. The van der Waals surface area contributed by atoms with E-state index in [-0.39, 0.29) is 0 Å². The third kappa shape index (κ3) is 4.56. The monoisotopic (exact) mass is 248 g/mol. The van der Waals surface area contributed by atoms with Crippen LogP contribution in [0.3, 0.4) is 0 Å². The minimum absolute atomic E-state index is 0.464. The lowest BCUT2D eigenvalue weighted by atomic mass is 10.2. The van der Waals surface area contributed by atoms with Crippen molar-refractivity contribution in [3.63, 3.8) is 0 Å². The van der Waals surface area contributed by atoms with Crippen LogP contribution < -0.4 is 5.32 Å². The fraction of sp³-hybridized carbons (Fsp3) is 0.600. The normalized spacial score (nSPS) is 11.2. The van der Waals surface area contributed by atoms with Gasteiger partial charge in [-0.2, -0.15) is 0 Å². The molecule has 0 aliphatic heterocycles. The van der Waals surface area contributed by atoms with Crippen molar-refractivity contribution in [2.75, 3.05) is 13.1 Å². The fourth-order valence-electron chi connectivity index (χ4n) is 1.77. The molecule has 100 valence electrons. The van der Waals surface area contributed by atoms with Crippen LogP contribution in [0.4, 0.5) is 0 Å². The highest BCUT2D eigenvalue weighted by molar-refractivity contribution is 5.20. The number of furan rings is 1. The van der Waals surface area contributed by atoms with Crippen LogP contribution in [-0.2, 0) is 13.1 Å².